The number of fused-ring (bicyclic) bond motifs is 1. The van der Waals surface area contributed by atoms with E-state index in [2.05, 4.69) is 15.2 Å². The van der Waals surface area contributed by atoms with Crippen LogP contribution in [-0.4, -0.2) is 42.0 Å². The zero-order valence-electron chi connectivity index (χ0n) is 14.1. The van der Waals surface area contributed by atoms with Crippen molar-refractivity contribution in [2.24, 2.45) is 11.7 Å². The smallest absolute Gasteiger partial charge is 0.224 e. The monoisotopic (exact) mass is 366 g/mol. The number of nitrogens with one attached hydrogen (secondary N) is 1. The topological polar surface area (TPSA) is 71.2 Å². The van der Waals surface area contributed by atoms with Gasteiger partial charge in [0.1, 0.15) is 5.82 Å². The van der Waals surface area contributed by atoms with E-state index in [1.165, 1.54) is 6.07 Å². The number of rotatable bonds is 5. The predicted molar refractivity (Wildman–Crippen MR) is 99.0 cm³/mol. The zero-order valence-corrected chi connectivity index (χ0v) is 14.9. The molecule has 0 spiro atoms. The molecule has 1 aliphatic heterocycles. The summed E-state index contributed by atoms with van der Waals surface area (Å²) in [5.74, 6) is -0.217. The van der Waals surface area contributed by atoms with Crippen LogP contribution in [0.4, 0.5) is 4.39 Å². The summed E-state index contributed by atoms with van der Waals surface area (Å²) in [4.78, 5) is 18.8. The fraction of sp³-hybridized carbons (Fsp3) is 0.444. The van der Waals surface area contributed by atoms with Gasteiger partial charge in [-0.3, -0.25) is 14.7 Å². The van der Waals surface area contributed by atoms with Crippen LogP contribution in [0.1, 0.15) is 18.4 Å². The van der Waals surface area contributed by atoms with Crippen LogP contribution in [-0.2, 0) is 11.3 Å². The molecule has 0 saturated carbocycles. The molecule has 1 aromatic carbocycles. The van der Waals surface area contributed by atoms with E-state index in [4.69, 9.17) is 5.73 Å². The predicted octanol–water partition coefficient (Wildman–Crippen LogP) is 2.08. The van der Waals surface area contributed by atoms with Gasteiger partial charge in [-0.25, -0.2) is 4.39 Å². The highest BCUT2D eigenvalue weighted by Gasteiger charge is 2.26. The van der Waals surface area contributed by atoms with Crippen molar-refractivity contribution in [3.05, 3.63) is 41.8 Å². The third-order valence-corrected chi connectivity index (χ3v) is 4.46. The molecule has 0 radical (unpaired) electrons. The maximum atomic E-state index is 13.9. The summed E-state index contributed by atoms with van der Waals surface area (Å²) in [6.45, 7) is 3.15. The van der Waals surface area contributed by atoms with E-state index in [9.17, 15) is 9.18 Å². The van der Waals surface area contributed by atoms with Crippen molar-refractivity contribution in [3.63, 3.8) is 0 Å². The first-order valence-electron chi connectivity index (χ1n) is 8.40. The number of hydrogen-bond acceptors (Lipinski definition) is 4. The molecule has 7 heteroatoms. The maximum Gasteiger partial charge on any atom is 0.224 e. The average molecular weight is 367 g/mol. The Bertz CT molecular complexity index is 727. The first-order chi connectivity index (χ1) is 11.7. The second-order valence-electron chi connectivity index (χ2n) is 6.29. The number of carbonyl (C=O) groups is 1. The normalized spacial score (nSPS) is 17.9. The number of piperidine rings is 1. The van der Waals surface area contributed by atoms with Gasteiger partial charge in [0.25, 0.3) is 0 Å². The number of nitrogens with two attached hydrogens (primary N) is 1. The number of benzene rings is 1. The molecule has 136 valence electrons. The summed E-state index contributed by atoms with van der Waals surface area (Å²) in [6, 6.07) is 6.73. The standard InChI is InChI=1S/C18H23FN4O.ClH/c19-16-9-13-3-1-6-21-17(13)15(10-16)12-23-8-2-4-14(11-23)18(24)22-7-5-20;/h1,3,6,9-10,14H,2,4-5,7-8,11-12,20H2,(H,22,24);1H. The average Bonchev–Trinajstić information content (AvgIpc) is 2.59. The molecule has 0 bridgehead atoms. The molecule has 25 heavy (non-hydrogen) atoms. The van der Waals surface area contributed by atoms with E-state index < -0.39 is 0 Å². The molecule has 2 heterocycles. The fourth-order valence-electron chi connectivity index (χ4n) is 3.34. The van der Waals surface area contributed by atoms with Crippen LogP contribution >= 0.6 is 12.4 Å². The minimum atomic E-state index is -0.250. The van der Waals surface area contributed by atoms with Gasteiger partial charge >= 0.3 is 0 Å². The fourth-order valence-corrected chi connectivity index (χ4v) is 3.34. The van der Waals surface area contributed by atoms with Crippen LogP contribution in [0.15, 0.2) is 30.5 Å². The number of nitrogens with zero attached hydrogens (tertiary/aromatic N) is 2. The number of halogens is 2. The van der Waals surface area contributed by atoms with E-state index in [0.717, 1.165) is 35.9 Å². The lowest BCUT2D eigenvalue weighted by Crippen LogP contribution is -2.43. The summed E-state index contributed by atoms with van der Waals surface area (Å²) >= 11 is 0. The van der Waals surface area contributed by atoms with E-state index in [1.807, 2.05) is 12.1 Å². The number of amides is 1. The van der Waals surface area contributed by atoms with Gasteiger partial charge in [0.2, 0.25) is 5.91 Å². The molecular formula is C18H24ClFN4O. The molecule has 1 aromatic heterocycles. The van der Waals surface area contributed by atoms with Gasteiger partial charge < -0.3 is 11.1 Å². The van der Waals surface area contributed by atoms with Gasteiger partial charge in [0, 0.05) is 37.8 Å². The van der Waals surface area contributed by atoms with Gasteiger partial charge in [-0.15, -0.1) is 12.4 Å². The highest BCUT2D eigenvalue weighted by molar-refractivity contribution is 5.85. The second kappa shape index (κ2) is 9.08. The third kappa shape index (κ3) is 4.87. The Morgan fingerprint density at radius 3 is 3.08 bits per heavy atom. The van der Waals surface area contributed by atoms with Crippen molar-refractivity contribution < 1.29 is 9.18 Å². The number of aromatic nitrogens is 1. The summed E-state index contributed by atoms with van der Waals surface area (Å²) in [7, 11) is 0. The summed E-state index contributed by atoms with van der Waals surface area (Å²) in [5, 5.41) is 3.67. The van der Waals surface area contributed by atoms with Crippen LogP contribution in [0.5, 0.6) is 0 Å². The lowest BCUT2D eigenvalue weighted by Gasteiger charge is -2.32. The molecule has 3 N–H and O–H groups in total. The van der Waals surface area contributed by atoms with Crippen LogP contribution in [0.2, 0.25) is 0 Å². The molecule has 1 saturated heterocycles. The molecular weight excluding hydrogens is 343 g/mol. The first-order valence-corrected chi connectivity index (χ1v) is 8.40. The summed E-state index contributed by atoms with van der Waals surface area (Å²) < 4.78 is 13.9. The Balaban J connectivity index is 0.00000225. The van der Waals surface area contributed by atoms with Gasteiger partial charge in [-0.2, -0.15) is 0 Å². The SMILES string of the molecule is Cl.NCCNC(=O)C1CCCN(Cc2cc(F)cc3cccnc23)C1. The van der Waals surface area contributed by atoms with Crippen LogP contribution in [0.3, 0.4) is 0 Å². The quantitative estimate of drug-likeness (QED) is 0.850. The Kier molecular flexibility index (Phi) is 7.11. The molecule has 1 amide bonds. The summed E-state index contributed by atoms with van der Waals surface area (Å²) in [5.41, 5.74) is 7.13. The van der Waals surface area contributed by atoms with Crippen molar-refractivity contribution in [2.75, 3.05) is 26.2 Å². The van der Waals surface area contributed by atoms with Crippen molar-refractivity contribution in [2.45, 2.75) is 19.4 Å². The van der Waals surface area contributed by atoms with Crippen molar-refractivity contribution in [1.82, 2.24) is 15.2 Å². The Labute approximate surface area is 153 Å². The molecule has 0 aliphatic carbocycles. The molecule has 5 nitrogen and oxygen atoms in total. The van der Waals surface area contributed by atoms with Crippen LogP contribution < -0.4 is 11.1 Å². The van der Waals surface area contributed by atoms with Gasteiger partial charge in [0.05, 0.1) is 11.4 Å². The lowest BCUT2D eigenvalue weighted by atomic mass is 9.96. The Morgan fingerprint density at radius 1 is 1.44 bits per heavy atom. The summed E-state index contributed by atoms with van der Waals surface area (Å²) in [6.07, 6.45) is 3.57. The Morgan fingerprint density at radius 2 is 2.28 bits per heavy atom. The van der Waals surface area contributed by atoms with E-state index >= 15 is 0 Å². The van der Waals surface area contributed by atoms with E-state index in [0.29, 0.717) is 26.2 Å². The molecule has 3 rings (SSSR count). The largest absolute Gasteiger partial charge is 0.355 e. The van der Waals surface area contributed by atoms with E-state index in [-0.39, 0.29) is 30.0 Å². The molecule has 1 fully saturated rings. The van der Waals surface area contributed by atoms with Crippen LogP contribution in [0.25, 0.3) is 10.9 Å². The van der Waals surface area contributed by atoms with Gasteiger partial charge in [-0.05, 0) is 43.1 Å². The third-order valence-electron chi connectivity index (χ3n) is 4.46. The molecule has 2 aromatic rings. The Hall–Kier alpha value is -1.76. The second-order valence-corrected chi connectivity index (χ2v) is 6.29. The zero-order chi connectivity index (χ0) is 16.9. The van der Waals surface area contributed by atoms with Gasteiger partial charge in [-0.1, -0.05) is 6.07 Å². The molecule has 1 aliphatic rings. The highest BCUT2D eigenvalue weighted by Crippen LogP contribution is 2.23. The highest BCUT2D eigenvalue weighted by atomic mass is 35.5. The molecule has 1 atom stereocenters. The van der Waals surface area contributed by atoms with Crippen molar-refractivity contribution >= 4 is 29.2 Å². The molecule has 1 unspecified atom stereocenters. The van der Waals surface area contributed by atoms with E-state index in [1.54, 1.807) is 12.3 Å². The minimum absolute atomic E-state index is 0. The maximum absolute atomic E-state index is 13.9. The minimum Gasteiger partial charge on any atom is -0.355 e. The lowest BCUT2D eigenvalue weighted by molar-refractivity contribution is -0.126. The van der Waals surface area contributed by atoms with Gasteiger partial charge in [0.15, 0.2) is 0 Å². The number of pyridine rings is 1. The first kappa shape index (κ1) is 19.6. The number of likely N-dealkylation sites (tertiary alicyclic amines) is 1. The number of hydrogen-bond donors (Lipinski definition) is 2. The van der Waals surface area contributed by atoms with Crippen molar-refractivity contribution in [3.8, 4) is 0 Å². The number of carbonyl (C=O) groups excluding carboxylic acids is 1. The van der Waals surface area contributed by atoms with Crippen molar-refractivity contribution in [1.29, 1.82) is 0 Å². The van der Waals surface area contributed by atoms with Crippen LogP contribution in [0, 0.1) is 11.7 Å².